The number of carbonyl (C=O) groups excluding carboxylic acids is 1. The van der Waals surface area contributed by atoms with E-state index in [1.165, 1.54) is 19.1 Å². The molecular formula is C25H25FN6O3S. The first-order valence-corrected chi connectivity index (χ1v) is 12.9. The molecule has 3 aromatic heterocycles. The molecule has 0 bridgehead atoms. The molecule has 36 heavy (non-hydrogen) atoms. The highest BCUT2D eigenvalue weighted by atomic mass is 32.2. The molecule has 1 fully saturated rings. The highest BCUT2D eigenvalue weighted by Gasteiger charge is 2.49. The fraction of sp³-hybridized carbons (Fsp3) is 0.360. The molecule has 3 atom stereocenters. The van der Waals surface area contributed by atoms with Gasteiger partial charge in [0.05, 0.1) is 23.3 Å². The fourth-order valence-corrected chi connectivity index (χ4v) is 6.02. The molecule has 1 aliphatic heterocycles. The second-order valence-electron chi connectivity index (χ2n) is 8.82. The van der Waals surface area contributed by atoms with Gasteiger partial charge in [-0.05, 0) is 56.5 Å². The zero-order valence-electron chi connectivity index (χ0n) is 20.1. The Bertz CT molecular complexity index is 1420. The molecule has 186 valence electrons. The number of ketones is 1. The monoisotopic (exact) mass is 508 g/mol. The SMILES string of the molecule is Cc1ncc(-c2cc(CCC(=O)[C@@H]3C[C@@H](F)[C@H](C)N3S(=O)(=O)c3ccc(C#N)cn3)c(C)cn2)cn1. The molecule has 1 saturated heterocycles. The summed E-state index contributed by atoms with van der Waals surface area (Å²) >= 11 is 0. The lowest BCUT2D eigenvalue weighted by Crippen LogP contribution is -2.45. The lowest BCUT2D eigenvalue weighted by Gasteiger charge is -2.26. The summed E-state index contributed by atoms with van der Waals surface area (Å²) < 4.78 is 42.2. The Balaban J connectivity index is 1.55. The molecule has 0 unspecified atom stereocenters. The molecule has 0 N–H and O–H groups in total. The van der Waals surface area contributed by atoms with Crippen molar-refractivity contribution in [3.05, 3.63) is 65.5 Å². The molecule has 0 radical (unpaired) electrons. The molecule has 0 spiro atoms. The number of Topliss-reactive ketones (excluding diaryl/α,β-unsaturated/α-hetero) is 1. The van der Waals surface area contributed by atoms with Crippen LogP contribution in [0.15, 0.2) is 48.0 Å². The van der Waals surface area contributed by atoms with Crippen molar-refractivity contribution in [1.29, 1.82) is 5.26 Å². The quantitative estimate of drug-likeness (QED) is 0.476. The minimum absolute atomic E-state index is 0.0333. The van der Waals surface area contributed by atoms with E-state index in [0.29, 0.717) is 17.9 Å². The van der Waals surface area contributed by atoms with Crippen molar-refractivity contribution < 1.29 is 17.6 Å². The van der Waals surface area contributed by atoms with Crippen LogP contribution in [0, 0.1) is 25.2 Å². The van der Waals surface area contributed by atoms with Crippen molar-refractivity contribution in [2.75, 3.05) is 0 Å². The van der Waals surface area contributed by atoms with Crippen LogP contribution in [-0.2, 0) is 21.2 Å². The summed E-state index contributed by atoms with van der Waals surface area (Å²) in [6, 6.07) is 4.11. The first-order chi connectivity index (χ1) is 17.1. The number of hydrogen-bond donors (Lipinski definition) is 0. The number of carbonyl (C=O) groups is 1. The molecular weight excluding hydrogens is 483 g/mol. The second-order valence-corrected chi connectivity index (χ2v) is 10.6. The number of alkyl halides is 1. The van der Waals surface area contributed by atoms with Crippen molar-refractivity contribution in [3.8, 4) is 17.3 Å². The standard InChI is InChI=1S/C25H25FN6O3S/c1-15-11-30-22(20-13-28-17(3)29-14-20)8-19(15)5-6-24(33)23-9-21(26)16(2)32(23)36(34,35)25-7-4-18(10-27)12-31-25/h4,7-8,11-14,16,21,23H,5-6,9H2,1-3H3/t16-,21+,23-/m0/s1. The molecule has 11 heteroatoms. The van der Waals surface area contributed by atoms with Gasteiger partial charge < -0.3 is 0 Å². The van der Waals surface area contributed by atoms with Crippen LogP contribution in [0.5, 0.6) is 0 Å². The zero-order chi connectivity index (χ0) is 26.0. The first kappa shape index (κ1) is 25.5. The summed E-state index contributed by atoms with van der Waals surface area (Å²) in [5, 5.41) is 8.62. The van der Waals surface area contributed by atoms with Gasteiger partial charge in [-0.3, -0.25) is 9.78 Å². The van der Waals surface area contributed by atoms with Crippen LogP contribution in [0.2, 0.25) is 0 Å². The Morgan fingerprint density at radius 2 is 1.86 bits per heavy atom. The topological polar surface area (TPSA) is 130 Å². The lowest BCUT2D eigenvalue weighted by molar-refractivity contribution is -0.122. The van der Waals surface area contributed by atoms with Crippen LogP contribution in [0.3, 0.4) is 0 Å². The number of hydrogen-bond acceptors (Lipinski definition) is 8. The van der Waals surface area contributed by atoms with Crippen molar-refractivity contribution in [2.45, 2.75) is 63.3 Å². The number of nitrogens with zero attached hydrogens (tertiary/aromatic N) is 6. The van der Waals surface area contributed by atoms with Crippen LogP contribution >= 0.6 is 0 Å². The van der Waals surface area contributed by atoms with E-state index in [1.807, 2.05) is 19.1 Å². The van der Waals surface area contributed by atoms with E-state index in [9.17, 15) is 17.6 Å². The minimum atomic E-state index is -4.25. The van der Waals surface area contributed by atoms with Gasteiger partial charge >= 0.3 is 0 Å². The van der Waals surface area contributed by atoms with Crippen LogP contribution in [0.4, 0.5) is 4.39 Å². The number of halogens is 1. The van der Waals surface area contributed by atoms with Gasteiger partial charge in [-0.25, -0.2) is 27.8 Å². The molecule has 4 heterocycles. The molecule has 3 aromatic rings. The molecule has 9 nitrogen and oxygen atoms in total. The summed E-state index contributed by atoms with van der Waals surface area (Å²) in [4.78, 5) is 29.9. The summed E-state index contributed by atoms with van der Waals surface area (Å²) in [5.74, 6) is 0.278. The third-order valence-corrected chi connectivity index (χ3v) is 8.30. The Morgan fingerprint density at radius 3 is 2.50 bits per heavy atom. The maximum atomic E-state index is 14.7. The van der Waals surface area contributed by atoms with E-state index in [1.54, 1.807) is 25.5 Å². The number of nitriles is 1. The van der Waals surface area contributed by atoms with Crippen molar-refractivity contribution in [2.24, 2.45) is 0 Å². The molecule has 1 aliphatic rings. The van der Waals surface area contributed by atoms with Gasteiger partial charge in [0.15, 0.2) is 10.8 Å². The normalized spacial score (nSPS) is 20.2. The Kier molecular flexibility index (Phi) is 7.19. The van der Waals surface area contributed by atoms with Gasteiger partial charge in [-0.15, -0.1) is 0 Å². The molecule has 4 rings (SSSR count). The predicted molar refractivity (Wildman–Crippen MR) is 129 cm³/mol. The smallest absolute Gasteiger partial charge is 0.261 e. The van der Waals surface area contributed by atoms with Gasteiger partial charge in [-0.2, -0.15) is 9.57 Å². The van der Waals surface area contributed by atoms with Crippen LogP contribution in [0.1, 0.15) is 42.3 Å². The fourth-order valence-electron chi connectivity index (χ4n) is 4.27. The molecule has 0 aromatic carbocycles. The largest absolute Gasteiger partial charge is 0.298 e. The Hall–Kier alpha value is -3.62. The Labute approximate surface area is 209 Å². The Morgan fingerprint density at radius 1 is 1.14 bits per heavy atom. The third-order valence-electron chi connectivity index (χ3n) is 6.39. The van der Waals surface area contributed by atoms with Gasteiger partial charge in [0, 0.05) is 43.2 Å². The van der Waals surface area contributed by atoms with Crippen LogP contribution < -0.4 is 0 Å². The van der Waals surface area contributed by atoms with E-state index in [0.717, 1.165) is 27.2 Å². The summed E-state index contributed by atoms with van der Waals surface area (Å²) in [6.45, 7) is 5.11. The van der Waals surface area contributed by atoms with Gasteiger partial charge in [0.25, 0.3) is 10.0 Å². The van der Waals surface area contributed by atoms with E-state index < -0.39 is 28.3 Å². The second kappa shape index (κ2) is 10.2. The number of pyridine rings is 2. The van der Waals surface area contributed by atoms with Crippen LogP contribution in [-0.4, -0.2) is 56.7 Å². The first-order valence-electron chi connectivity index (χ1n) is 11.4. The van der Waals surface area contributed by atoms with E-state index in [4.69, 9.17) is 5.26 Å². The predicted octanol–water partition coefficient (Wildman–Crippen LogP) is 3.11. The number of sulfonamides is 1. The van der Waals surface area contributed by atoms with Gasteiger partial charge in [0.2, 0.25) is 0 Å². The van der Waals surface area contributed by atoms with Crippen LogP contribution in [0.25, 0.3) is 11.3 Å². The highest BCUT2D eigenvalue weighted by molar-refractivity contribution is 7.89. The third kappa shape index (κ3) is 5.01. The average molecular weight is 509 g/mol. The highest BCUT2D eigenvalue weighted by Crippen LogP contribution is 2.34. The van der Waals surface area contributed by atoms with Crippen molar-refractivity contribution in [3.63, 3.8) is 0 Å². The van der Waals surface area contributed by atoms with Gasteiger partial charge in [0.1, 0.15) is 18.1 Å². The van der Waals surface area contributed by atoms with E-state index in [-0.39, 0.29) is 29.2 Å². The summed E-state index contributed by atoms with van der Waals surface area (Å²) in [5.41, 5.74) is 3.36. The van der Waals surface area contributed by atoms with Crippen molar-refractivity contribution in [1.82, 2.24) is 24.2 Å². The number of aromatic nitrogens is 4. The number of aryl methyl sites for hydroxylation is 3. The minimum Gasteiger partial charge on any atom is -0.298 e. The molecule has 0 saturated carbocycles. The average Bonchev–Trinajstić information content (AvgIpc) is 3.18. The molecule has 0 amide bonds. The zero-order valence-corrected chi connectivity index (χ0v) is 20.9. The summed E-state index contributed by atoms with van der Waals surface area (Å²) in [6.07, 6.45) is 4.88. The van der Waals surface area contributed by atoms with E-state index >= 15 is 0 Å². The molecule has 0 aliphatic carbocycles. The lowest BCUT2D eigenvalue weighted by atomic mass is 9.99. The van der Waals surface area contributed by atoms with Gasteiger partial charge in [-0.1, -0.05) is 0 Å². The number of rotatable bonds is 7. The van der Waals surface area contributed by atoms with E-state index in [2.05, 4.69) is 19.9 Å². The van der Waals surface area contributed by atoms with Crippen molar-refractivity contribution >= 4 is 15.8 Å². The maximum Gasteiger partial charge on any atom is 0.261 e. The summed E-state index contributed by atoms with van der Waals surface area (Å²) in [7, 11) is -4.25. The maximum absolute atomic E-state index is 14.7.